The van der Waals surface area contributed by atoms with Crippen molar-refractivity contribution in [2.75, 3.05) is 37.8 Å². The maximum atomic E-state index is 4.35. The van der Waals surface area contributed by atoms with E-state index < -0.39 is 0 Å². The summed E-state index contributed by atoms with van der Waals surface area (Å²) >= 11 is 0. The molecule has 0 bridgehead atoms. The molecule has 0 amide bonds. The standard InChI is InChI=1S/C12H23N5/c1-5-10(2)17(4)7-6-15-12-9-14-8-11(13-3)16-12/h8-10H,5-7H2,1-4H3,(H2,13,15,16). The van der Waals surface area contributed by atoms with Crippen LogP contribution in [-0.4, -0.2) is 48.1 Å². The Morgan fingerprint density at radius 2 is 2.06 bits per heavy atom. The first-order valence-corrected chi connectivity index (χ1v) is 6.11. The largest absolute Gasteiger partial charge is 0.372 e. The summed E-state index contributed by atoms with van der Waals surface area (Å²) < 4.78 is 0. The van der Waals surface area contributed by atoms with Crippen molar-refractivity contribution in [3.05, 3.63) is 12.4 Å². The fraction of sp³-hybridized carbons (Fsp3) is 0.667. The van der Waals surface area contributed by atoms with Crippen molar-refractivity contribution in [2.45, 2.75) is 26.3 Å². The number of likely N-dealkylation sites (N-methyl/N-ethyl adjacent to an activating group) is 1. The number of hydrogen-bond donors (Lipinski definition) is 2. The average Bonchev–Trinajstić information content (AvgIpc) is 2.37. The third kappa shape index (κ3) is 4.56. The number of hydrogen-bond acceptors (Lipinski definition) is 5. The average molecular weight is 237 g/mol. The minimum Gasteiger partial charge on any atom is -0.372 e. The third-order valence-electron chi connectivity index (χ3n) is 3.00. The second-order valence-corrected chi connectivity index (χ2v) is 4.20. The van der Waals surface area contributed by atoms with Gasteiger partial charge in [-0.05, 0) is 20.4 Å². The Morgan fingerprint density at radius 3 is 2.71 bits per heavy atom. The molecule has 0 aromatic carbocycles. The Labute approximate surface area is 104 Å². The molecule has 0 saturated heterocycles. The first-order valence-electron chi connectivity index (χ1n) is 6.11. The lowest BCUT2D eigenvalue weighted by Gasteiger charge is -2.23. The van der Waals surface area contributed by atoms with Gasteiger partial charge >= 0.3 is 0 Å². The molecule has 0 saturated carbocycles. The highest BCUT2D eigenvalue weighted by molar-refractivity contribution is 5.40. The van der Waals surface area contributed by atoms with Gasteiger partial charge in [0.15, 0.2) is 0 Å². The van der Waals surface area contributed by atoms with Crippen LogP contribution in [0.15, 0.2) is 12.4 Å². The number of rotatable bonds is 7. The van der Waals surface area contributed by atoms with Gasteiger partial charge in [0.05, 0.1) is 12.4 Å². The van der Waals surface area contributed by atoms with E-state index in [1.54, 1.807) is 12.4 Å². The maximum Gasteiger partial charge on any atom is 0.147 e. The van der Waals surface area contributed by atoms with E-state index in [1.807, 2.05) is 7.05 Å². The highest BCUT2D eigenvalue weighted by atomic mass is 15.1. The predicted octanol–water partition coefficient (Wildman–Crippen LogP) is 1.66. The summed E-state index contributed by atoms with van der Waals surface area (Å²) in [7, 11) is 3.98. The van der Waals surface area contributed by atoms with E-state index in [-0.39, 0.29) is 0 Å². The maximum absolute atomic E-state index is 4.35. The fourth-order valence-electron chi connectivity index (χ4n) is 1.46. The van der Waals surface area contributed by atoms with Gasteiger partial charge < -0.3 is 15.5 Å². The lowest BCUT2D eigenvalue weighted by molar-refractivity contribution is 0.261. The van der Waals surface area contributed by atoms with Crippen molar-refractivity contribution in [3.63, 3.8) is 0 Å². The first kappa shape index (κ1) is 13.7. The lowest BCUT2D eigenvalue weighted by Crippen LogP contribution is -2.32. The minimum atomic E-state index is 0.617. The van der Waals surface area contributed by atoms with Crippen LogP contribution in [-0.2, 0) is 0 Å². The van der Waals surface area contributed by atoms with Crippen molar-refractivity contribution < 1.29 is 0 Å². The van der Waals surface area contributed by atoms with Gasteiger partial charge in [-0.1, -0.05) is 6.92 Å². The van der Waals surface area contributed by atoms with Crippen molar-refractivity contribution >= 4 is 11.6 Å². The highest BCUT2D eigenvalue weighted by Gasteiger charge is 2.05. The van der Waals surface area contributed by atoms with Crippen LogP contribution in [0.1, 0.15) is 20.3 Å². The number of anilines is 2. The molecule has 1 aromatic rings. The Bertz CT molecular complexity index is 328. The van der Waals surface area contributed by atoms with Gasteiger partial charge in [0.2, 0.25) is 0 Å². The van der Waals surface area contributed by atoms with Crippen LogP contribution < -0.4 is 10.6 Å². The fourth-order valence-corrected chi connectivity index (χ4v) is 1.46. The normalized spacial score (nSPS) is 12.5. The summed E-state index contributed by atoms with van der Waals surface area (Å²) in [6, 6.07) is 0.617. The summed E-state index contributed by atoms with van der Waals surface area (Å²) in [5.41, 5.74) is 0. The van der Waals surface area contributed by atoms with Crippen molar-refractivity contribution in [3.8, 4) is 0 Å². The molecule has 5 heteroatoms. The highest BCUT2D eigenvalue weighted by Crippen LogP contribution is 2.05. The Morgan fingerprint density at radius 1 is 1.35 bits per heavy atom. The first-order chi connectivity index (χ1) is 8.17. The minimum absolute atomic E-state index is 0.617. The molecule has 0 aliphatic heterocycles. The topological polar surface area (TPSA) is 53.1 Å². The molecule has 1 atom stereocenters. The molecule has 0 spiro atoms. The van der Waals surface area contributed by atoms with Crippen LogP contribution in [0.4, 0.5) is 11.6 Å². The molecule has 0 aliphatic rings. The lowest BCUT2D eigenvalue weighted by atomic mass is 10.2. The second kappa shape index (κ2) is 7.06. The zero-order valence-electron chi connectivity index (χ0n) is 11.2. The zero-order valence-corrected chi connectivity index (χ0v) is 11.2. The molecule has 0 fully saturated rings. The van der Waals surface area contributed by atoms with Gasteiger partial charge in [-0.25, -0.2) is 4.98 Å². The Hall–Kier alpha value is -1.36. The van der Waals surface area contributed by atoms with Crippen molar-refractivity contribution in [1.82, 2.24) is 14.9 Å². The SMILES string of the molecule is CCC(C)N(C)CCNc1cncc(NC)n1. The molecule has 1 rings (SSSR count). The van der Waals surface area contributed by atoms with Gasteiger partial charge in [-0.15, -0.1) is 0 Å². The van der Waals surface area contributed by atoms with Crippen LogP contribution in [0.3, 0.4) is 0 Å². The van der Waals surface area contributed by atoms with Gasteiger partial charge in [0.1, 0.15) is 11.6 Å². The van der Waals surface area contributed by atoms with E-state index >= 15 is 0 Å². The van der Waals surface area contributed by atoms with E-state index in [4.69, 9.17) is 0 Å². The molecular weight excluding hydrogens is 214 g/mol. The monoisotopic (exact) mass is 237 g/mol. The molecule has 96 valence electrons. The van der Waals surface area contributed by atoms with E-state index in [2.05, 4.69) is 46.4 Å². The quantitative estimate of drug-likeness (QED) is 0.755. The number of nitrogens with zero attached hydrogens (tertiary/aromatic N) is 3. The molecule has 1 heterocycles. The summed E-state index contributed by atoms with van der Waals surface area (Å²) in [6.45, 7) is 6.32. The summed E-state index contributed by atoms with van der Waals surface area (Å²) in [6.07, 6.45) is 4.62. The summed E-state index contributed by atoms with van der Waals surface area (Å²) in [5.74, 6) is 1.60. The molecule has 2 N–H and O–H groups in total. The smallest absolute Gasteiger partial charge is 0.147 e. The molecule has 1 aromatic heterocycles. The van der Waals surface area contributed by atoms with Crippen molar-refractivity contribution in [1.29, 1.82) is 0 Å². The van der Waals surface area contributed by atoms with Crippen LogP contribution in [0.2, 0.25) is 0 Å². The van der Waals surface area contributed by atoms with Gasteiger partial charge in [-0.3, -0.25) is 4.98 Å². The number of nitrogens with one attached hydrogen (secondary N) is 2. The summed E-state index contributed by atoms with van der Waals surface area (Å²) in [5, 5.41) is 6.24. The van der Waals surface area contributed by atoms with E-state index in [1.165, 1.54) is 6.42 Å². The van der Waals surface area contributed by atoms with E-state index in [9.17, 15) is 0 Å². The van der Waals surface area contributed by atoms with E-state index in [0.29, 0.717) is 6.04 Å². The Balaban J connectivity index is 2.35. The summed E-state index contributed by atoms with van der Waals surface area (Å²) in [4.78, 5) is 10.8. The molecule has 17 heavy (non-hydrogen) atoms. The molecule has 0 radical (unpaired) electrons. The second-order valence-electron chi connectivity index (χ2n) is 4.20. The van der Waals surface area contributed by atoms with Crippen LogP contribution in [0.25, 0.3) is 0 Å². The van der Waals surface area contributed by atoms with Gasteiger partial charge in [0, 0.05) is 26.2 Å². The third-order valence-corrected chi connectivity index (χ3v) is 3.00. The Kier molecular flexibility index (Phi) is 5.69. The van der Waals surface area contributed by atoms with Gasteiger partial charge in [-0.2, -0.15) is 0 Å². The zero-order chi connectivity index (χ0) is 12.7. The van der Waals surface area contributed by atoms with Crippen LogP contribution in [0, 0.1) is 0 Å². The van der Waals surface area contributed by atoms with Crippen LogP contribution in [0.5, 0.6) is 0 Å². The van der Waals surface area contributed by atoms with E-state index in [0.717, 1.165) is 24.7 Å². The van der Waals surface area contributed by atoms with Crippen molar-refractivity contribution in [2.24, 2.45) is 0 Å². The predicted molar refractivity (Wildman–Crippen MR) is 72.5 cm³/mol. The molecule has 1 unspecified atom stereocenters. The van der Waals surface area contributed by atoms with Crippen LogP contribution >= 0.6 is 0 Å². The van der Waals surface area contributed by atoms with Gasteiger partial charge in [0.25, 0.3) is 0 Å². The molecular formula is C12H23N5. The number of aromatic nitrogens is 2. The molecule has 5 nitrogen and oxygen atoms in total. The molecule has 0 aliphatic carbocycles.